The average molecular weight is 714 g/mol. The number of benzene rings is 2. The fourth-order valence-corrected chi connectivity index (χ4v) is 7.49. The second-order valence-electron chi connectivity index (χ2n) is 14.9. The van der Waals surface area contributed by atoms with Crippen LogP contribution in [0, 0.1) is 50.7 Å². The molecule has 2 unspecified atom stereocenters. The minimum absolute atomic E-state index is 0.00588. The van der Waals surface area contributed by atoms with E-state index in [1.165, 1.54) is 13.0 Å². The number of hydrogen-bond acceptors (Lipinski definition) is 4. The highest BCUT2D eigenvalue weighted by molar-refractivity contribution is 5.91. The second-order valence-corrected chi connectivity index (χ2v) is 14.9. The van der Waals surface area contributed by atoms with Gasteiger partial charge in [0.1, 0.15) is 17.7 Å². The van der Waals surface area contributed by atoms with E-state index in [0.717, 1.165) is 59.6 Å². The van der Waals surface area contributed by atoms with Gasteiger partial charge in [0, 0.05) is 55.2 Å². The van der Waals surface area contributed by atoms with E-state index in [1.807, 2.05) is 19.1 Å². The van der Waals surface area contributed by atoms with Crippen LogP contribution in [0.15, 0.2) is 40.2 Å². The Labute approximate surface area is 294 Å². The standard InChI is InChI=1S/C39H44F5N3O4/c1-21(2)11-30(47-18-26(29(16-31(47)48)39(42,43)44)7-10-46-19-38(20-46)8-9-38)37(51)45-17-27(15-32(49)50)34-35(40)25(6)14-28(36(34)41)33-23(4)12-22(3)13-24(33)5/h12-14,16-18,21,27,30H,7-11,15,19-20H2,1-6H3,(H,49,50)/b45-17+. The van der Waals surface area contributed by atoms with Crippen molar-refractivity contribution in [2.24, 2.45) is 16.3 Å². The van der Waals surface area contributed by atoms with Gasteiger partial charge in [0.05, 0.1) is 12.0 Å². The van der Waals surface area contributed by atoms with E-state index in [2.05, 4.69) is 9.89 Å². The molecule has 2 fully saturated rings. The lowest BCUT2D eigenvalue weighted by Crippen LogP contribution is -2.49. The number of carboxylic acids is 1. The summed E-state index contributed by atoms with van der Waals surface area (Å²) in [6.45, 7) is 12.4. The van der Waals surface area contributed by atoms with Crippen LogP contribution in [0.4, 0.5) is 22.0 Å². The molecule has 0 bridgehead atoms. The molecule has 0 radical (unpaired) electrons. The number of halogens is 5. The minimum Gasteiger partial charge on any atom is -0.481 e. The van der Waals surface area contributed by atoms with Crippen LogP contribution in [0.2, 0.25) is 0 Å². The molecule has 274 valence electrons. The van der Waals surface area contributed by atoms with E-state index in [0.29, 0.717) is 23.6 Å². The van der Waals surface area contributed by atoms with Crippen LogP contribution in [-0.2, 0) is 22.2 Å². The molecule has 1 saturated heterocycles. The van der Waals surface area contributed by atoms with Crippen molar-refractivity contribution in [1.82, 2.24) is 9.47 Å². The van der Waals surface area contributed by atoms with Gasteiger partial charge in [0.2, 0.25) is 0 Å². The summed E-state index contributed by atoms with van der Waals surface area (Å²) in [4.78, 5) is 45.0. The Morgan fingerprint density at radius 3 is 2.16 bits per heavy atom. The molecule has 1 amide bonds. The molecule has 1 aliphatic carbocycles. The van der Waals surface area contributed by atoms with Crippen molar-refractivity contribution in [3.63, 3.8) is 0 Å². The number of amides is 1. The zero-order valence-electron chi connectivity index (χ0n) is 29.8. The molecule has 51 heavy (non-hydrogen) atoms. The Kier molecular flexibility index (Phi) is 10.8. The van der Waals surface area contributed by atoms with Gasteiger partial charge in [0.15, 0.2) is 0 Å². The predicted molar refractivity (Wildman–Crippen MR) is 185 cm³/mol. The van der Waals surface area contributed by atoms with Crippen LogP contribution < -0.4 is 5.56 Å². The number of carboxylic acid groups (broad SMARTS) is 1. The molecular weight excluding hydrogens is 669 g/mol. The summed E-state index contributed by atoms with van der Waals surface area (Å²) in [5.41, 5.74) is 0.557. The summed E-state index contributed by atoms with van der Waals surface area (Å²) >= 11 is 0. The fourth-order valence-electron chi connectivity index (χ4n) is 7.49. The smallest absolute Gasteiger partial charge is 0.416 e. The summed E-state index contributed by atoms with van der Waals surface area (Å²) in [5, 5.41) is 9.74. The summed E-state index contributed by atoms with van der Waals surface area (Å²) in [6, 6.07) is 4.22. The Morgan fingerprint density at radius 1 is 0.980 bits per heavy atom. The highest BCUT2D eigenvalue weighted by Crippen LogP contribution is 2.52. The third-order valence-corrected chi connectivity index (χ3v) is 10.1. The summed E-state index contributed by atoms with van der Waals surface area (Å²) in [6.07, 6.45) is -1.40. The van der Waals surface area contributed by atoms with E-state index in [1.54, 1.807) is 27.7 Å². The monoisotopic (exact) mass is 713 g/mol. The number of pyridine rings is 1. The lowest BCUT2D eigenvalue weighted by atomic mass is 9.87. The zero-order valence-corrected chi connectivity index (χ0v) is 29.8. The van der Waals surface area contributed by atoms with Gasteiger partial charge in [-0.15, -0.1) is 0 Å². The molecule has 12 heteroatoms. The molecule has 2 atom stereocenters. The number of aliphatic carboxylic acids is 1. The Morgan fingerprint density at radius 2 is 1.61 bits per heavy atom. The van der Waals surface area contributed by atoms with Crippen molar-refractivity contribution in [1.29, 1.82) is 0 Å². The van der Waals surface area contributed by atoms with Crippen molar-refractivity contribution < 1.29 is 36.6 Å². The van der Waals surface area contributed by atoms with E-state index >= 15 is 8.78 Å². The number of nitrogens with zero attached hydrogens (tertiary/aromatic N) is 3. The van der Waals surface area contributed by atoms with Gasteiger partial charge in [-0.05, 0) is 98.6 Å². The van der Waals surface area contributed by atoms with Gasteiger partial charge < -0.3 is 14.6 Å². The van der Waals surface area contributed by atoms with Crippen LogP contribution in [-0.4, -0.2) is 52.3 Å². The van der Waals surface area contributed by atoms with Crippen molar-refractivity contribution in [3.05, 3.63) is 91.4 Å². The molecule has 1 aliphatic heterocycles. The first-order valence-corrected chi connectivity index (χ1v) is 17.2. The Hall–Kier alpha value is -4.19. The normalized spacial score (nSPS) is 16.9. The highest BCUT2D eigenvalue weighted by Gasteiger charge is 2.51. The van der Waals surface area contributed by atoms with Gasteiger partial charge in [-0.3, -0.25) is 14.4 Å². The minimum atomic E-state index is -4.80. The highest BCUT2D eigenvalue weighted by atomic mass is 19.4. The molecule has 1 spiro atoms. The van der Waals surface area contributed by atoms with Crippen LogP contribution >= 0.6 is 0 Å². The van der Waals surface area contributed by atoms with E-state index in [4.69, 9.17) is 0 Å². The van der Waals surface area contributed by atoms with Crippen molar-refractivity contribution in [2.45, 2.75) is 91.8 Å². The topological polar surface area (TPSA) is 92.0 Å². The molecule has 7 nitrogen and oxygen atoms in total. The maximum Gasteiger partial charge on any atom is 0.416 e. The maximum atomic E-state index is 16.4. The number of aliphatic imine (C=N–C) groups is 1. The first-order valence-electron chi connectivity index (χ1n) is 17.2. The molecular formula is C39H44F5N3O4. The molecule has 1 aromatic heterocycles. The SMILES string of the molecule is Cc1cc(C)c(-c2cc(C)c(F)c(C(/C=N/C(=O)C(CC(C)C)n3cc(CCN4CC5(CC5)C4)c(C(F)(F)F)cc3=O)CC(=O)O)c2F)c(C)c1. The lowest BCUT2D eigenvalue weighted by molar-refractivity contribution is -0.139. The zero-order chi connectivity index (χ0) is 37.6. The van der Waals surface area contributed by atoms with Gasteiger partial charge in [-0.2, -0.15) is 13.2 Å². The molecule has 2 aliphatic rings. The van der Waals surface area contributed by atoms with Gasteiger partial charge in [-0.25, -0.2) is 13.8 Å². The summed E-state index contributed by atoms with van der Waals surface area (Å²) < 4.78 is 75.4. The van der Waals surface area contributed by atoms with Crippen molar-refractivity contribution in [3.8, 4) is 11.1 Å². The van der Waals surface area contributed by atoms with Gasteiger partial charge in [-0.1, -0.05) is 31.5 Å². The maximum absolute atomic E-state index is 16.4. The number of aryl methyl sites for hydroxylation is 4. The molecule has 1 N–H and O–H groups in total. The van der Waals surface area contributed by atoms with Gasteiger partial charge in [0.25, 0.3) is 11.5 Å². The molecule has 2 heterocycles. The summed E-state index contributed by atoms with van der Waals surface area (Å²) in [7, 11) is 0. The largest absolute Gasteiger partial charge is 0.481 e. The molecule has 3 aromatic rings. The Bertz CT molecular complexity index is 1910. The lowest BCUT2D eigenvalue weighted by Gasteiger charge is -2.40. The van der Waals surface area contributed by atoms with E-state index in [-0.39, 0.29) is 35.4 Å². The number of aromatic nitrogens is 1. The number of carbonyl (C=O) groups excluding carboxylic acids is 1. The predicted octanol–water partition coefficient (Wildman–Crippen LogP) is 8.13. The van der Waals surface area contributed by atoms with Crippen LogP contribution in [0.5, 0.6) is 0 Å². The van der Waals surface area contributed by atoms with E-state index < -0.39 is 64.8 Å². The average Bonchev–Trinajstić information content (AvgIpc) is 3.80. The van der Waals surface area contributed by atoms with Crippen LogP contribution in [0.1, 0.15) is 90.4 Å². The van der Waals surface area contributed by atoms with Gasteiger partial charge >= 0.3 is 12.1 Å². The first-order chi connectivity index (χ1) is 23.8. The molecule has 5 rings (SSSR count). The number of hydrogen-bond donors (Lipinski definition) is 1. The fraction of sp³-hybridized carbons (Fsp3) is 0.487. The molecule has 2 aromatic carbocycles. The second kappa shape index (κ2) is 14.4. The Balaban J connectivity index is 1.53. The summed E-state index contributed by atoms with van der Waals surface area (Å²) in [5.74, 6) is -6.07. The third kappa shape index (κ3) is 8.32. The number of rotatable bonds is 12. The van der Waals surface area contributed by atoms with Crippen LogP contribution in [0.25, 0.3) is 11.1 Å². The van der Waals surface area contributed by atoms with Crippen LogP contribution in [0.3, 0.4) is 0 Å². The molecule has 1 saturated carbocycles. The number of alkyl halides is 3. The van der Waals surface area contributed by atoms with Crippen molar-refractivity contribution in [2.75, 3.05) is 19.6 Å². The van der Waals surface area contributed by atoms with E-state index in [9.17, 15) is 32.7 Å². The third-order valence-electron chi connectivity index (χ3n) is 10.1. The number of likely N-dealkylation sites (tertiary alicyclic amines) is 1. The number of carbonyl (C=O) groups is 2. The van der Waals surface area contributed by atoms with Crippen molar-refractivity contribution >= 4 is 18.1 Å². The first kappa shape index (κ1) is 38.1. The quantitative estimate of drug-likeness (QED) is 0.151.